The minimum absolute atomic E-state index is 0.0154. The summed E-state index contributed by atoms with van der Waals surface area (Å²) in [7, 11) is 1.94. The molecule has 0 bridgehead atoms. The summed E-state index contributed by atoms with van der Waals surface area (Å²) in [5, 5.41) is 4.98. The van der Waals surface area contributed by atoms with Crippen LogP contribution in [0.15, 0.2) is 36.7 Å². The number of carbonyl (C=O) groups is 1. The molecule has 5 heteroatoms. The molecule has 2 heterocycles. The number of amides is 1. The summed E-state index contributed by atoms with van der Waals surface area (Å²) < 4.78 is 1.85. The number of piperidine rings is 1. The fraction of sp³-hybridized carbons (Fsp3) is 0.474. The molecule has 0 saturated carbocycles. The van der Waals surface area contributed by atoms with Crippen molar-refractivity contribution in [2.75, 3.05) is 13.1 Å². The highest BCUT2D eigenvalue weighted by Gasteiger charge is 2.27. The number of hydrogen-bond acceptors (Lipinski definition) is 2. The molecule has 1 aromatic heterocycles. The van der Waals surface area contributed by atoms with Gasteiger partial charge in [-0.05, 0) is 48.4 Å². The van der Waals surface area contributed by atoms with Gasteiger partial charge in [0.05, 0.1) is 6.20 Å². The van der Waals surface area contributed by atoms with E-state index in [4.69, 9.17) is 11.6 Å². The first kappa shape index (κ1) is 17.0. The first-order valence-corrected chi connectivity index (χ1v) is 8.92. The van der Waals surface area contributed by atoms with Crippen LogP contribution in [0.1, 0.15) is 36.8 Å². The highest BCUT2D eigenvalue weighted by molar-refractivity contribution is 6.30. The second-order valence-corrected chi connectivity index (χ2v) is 7.22. The van der Waals surface area contributed by atoms with Gasteiger partial charge in [-0.2, -0.15) is 5.10 Å². The van der Waals surface area contributed by atoms with Crippen LogP contribution in [0.2, 0.25) is 5.02 Å². The Balaban J connectivity index is 1.54. The minimum Gasteiger partial charge on any atom is -0.342 e. The van der Waals surface area contributed by atoms with Crippen molar-refractivity contribution in [3.8, 4) is 0 Å². The molecule has 1 amide bonds. The van der Waals surface area contributed by atoms with Crippen molar-refractivity contribution in [2.45, 2.75) is 32.1 Å². The lowest BCUT2D eigenvalue weighted by molar-refractivity contribution is -0.136. The predicted octanol–water partition coefficient (Wildman–Crippen LogP) is 3.66. The summed E-state index contributed by atoms with van der Waals surface area (Å²) in [6, 6.07) is 7.78. The maximum absolute atomic E-state index is 12.7. The number of likely N-dealkylation sites (tertiary alicyclic amines) is 1. The number of hydrogen-bond donors (Lipinski definition) is 0. The molecular formula is C19H24ClN3O. The van der Waals surface area contributed by atoms with E-state index in [0.717, 1.165) is 42.9 Å². The Hall–Kier alpha value is -1.81. The van der Waals surface area contributed by atoms with Gasteiger partial charge in [0.25, 0.3) is 0 Å². The van der Waals surface area contributed by atoms with Gasteiger partial charge in [-0.3, -0.25) is 9.48 Å². The number of halogens is 1. The van der Waals surface area contributed by atoms with Crippen LogP contribution < -0.4 is 0 Å². The summed E-state index contributed by atoms with van der Waals surface area (Å²) >= 11 is 6.03. The number of aromatic nitrogens is 2. The van der Waals surface area contributed by atoms with Gasteiger partial charge < -0.3 is 4.90 Å². The molecule has 0 spiro atoms. The first-order chi connectivity index (χ1) is 11.5. The normalized spacial score (nSPS) is 17.0. The first-order valence-electron chi connectivity index (χ1n) is 8.54. The van der Waals surface area contributed by atoms with E-state index in [1.54, 1.807) is 0 Å². The molecule has 3 rings (SSSR count). The van der Waals surface area contributed by atoms with Gasteiger partial charge in [0.15, 0.2) is 0 Å². The smallest absolute Gasteiger partial charge is 0.225 e. The van der Waals surface area contributed by atoms with Crippen LogP contribution in [0, 0.1) is 5.92 Å². The van der Waals surface area contributed by atoms with Gasteiger partial charge in [-0.15, -0.1) is 0 Å². The zero-order valence-electron chi connectivity index (χ0n) is 14.3. The average molecular weight is 346 g/mol. The van der Waals surface area contributed by atoms with E-state index in [-0.39, 0.29) is 11.8 Å². The highest BCUT2D eigenvalue weighted by Crippen LogP contribution is 2.28. The van der Waals surface area contributed by atoms with Crippen molar-refractivity contribution in [3.63, 3.8) is 0 Å². The summed E-state index contributed by atoms with van der Waals surface area (Å²) in [6.45, 7) is 3.67. The topological polar surface area (TPSA) is 38.1 Å². The third-order valence-corrected chi connectivity index (χ3v) is 5.09. The van der Waals surface area contributed by atoms with Gasteiger partial charge in [0, 0.05) is 37.3 Å². The molecule has 1 atom stereocenters. The summed E-state index contributed by atoms with van der Waals surface area (Å²) in [5.41, 5.74) is 2.41. The second-order valence-electron chi connectivity index (χ2n) is 6.78. The molecule has 128 valence electrons. The van der Waals surface area contributed by atoms with Gasteiger partial charge in [0.2, 0.25) is 5.91 Å². The maximum Gasteiger partial charge on any atom is 0.225 e. The number of nitrogens with zero attached hydrogens (tertiary/aromatic N) is 3. The van der Waals surface area contributed by atoms with Crippen LogP contribution in [-0.4, -0.2) is 33.7 Å². The van der Waals surface area contributed by atoms with Crippen molar-refractivity contribution in [1.82, 2.24) is 14.7 Å². The molecule has 1 aliphatic heterocycles. The number of aryl methyl sites for hydroxylation is 1. The molecule has 1 saturated heterocycles. The summed E-state index contributed by atoms with van der Waals surface area (Å²) in [4.78, 5) is 14.7. The Kier molecular flexibility index (Phi) is 5.24. The lowest BCUT2D eigenvalue weighted by atomic mass is 9.90. The van der Waals surface area contributed by atoms with Gasteiger partial charge in [0.1, 0.15) is 0 Å². The van der Waals surface area contributed by atoms with E-state index in [2.05, 4.69) is 11.3 Å². The molecule has 1 aliphatic rings. The third kappa shape index (κ3) is 3.99. The highest BCUT2D eigenvalue weighted by atomic mass is 35.5. The Morgan fingerprint density at radius 2 is 2.12 bits per heavy atom. The third-order valence-electron chi connectivity index (χ3n) is 4.86. The average Bonchev–Trinajstić information content (AvgIpc) is 3.01. The molecule has 2 aromatic rings. The summed E-state index contributed by atoms with van der Waals surface area (Å²) in [5.74, 6) is 0.754. The van der Waals surface area contributed by atoms with E-state index >= 15 is 0 Å². The van der Waals surface area contributed by atoms with Crippen LogP contribution in [0.5, 0.6) is 0 Å². The second kappa shape index (κ2) is 7.39. The maximum atomic E-state index is 12.7. The van der Waals surface area contributed by atoms with E-state index in [1.165, 1.54) is 5.56 Å². The van der Waals surface area contributed by atoms with E-state index in [1.807, 2.05) is 54.0 Å². The van der Waals surface area contributed by atoms with Crippen molar-refractivity contribution in [2.24, 2.45) is 13.0 Å². The van der Waals surface area contributed by atoms with Gasteiger partial charge in [-0.25, -0.2) is 0 Å². The molecule has 24 heavy (non-hydrogen) atoms. The standard InChI is InChI=1S/C19H24ClN3O/c1-14(10-15-4-3-5-18(20)11-15)19(24)23-8-6-16(7-9-23)17-12-21-22(2)13-17/h3-5,11-14,16H,6-10H2,1-2H3. The molecule has 1 aromatic carbocycles. The quantitative estimate of drug-likeness (QED) is 0.848. The molecule has 0 N–H and O–H groups in total. The van der Waals surface area contributed by atoms with Crippen LogP contribution >= 0.6 is 11.6 Å². The fourth-order valence-electron chi connectivity index (χ4n) is 3.50. The Bertz CT molecular complexity index is 704. The zero-order valence-corrected chi connectivity index (χ0v) is 15.0. The van der Waals surface area contributed by atoms with Crippen LogP contribution in [-0.2, 0) is 18.3 Å². The molecular weight excluding hydrogens is 322 g/mol. The fourth-order valence-corrected chi connectivity index (χ4v) is 3.71. The van der Waals surface area contributed by atoms with Gasteiger partial charge in [-0.1, -0.05) is 30.7 Å². The SMILES string of the molecule is CC(Cc1cccc(Cl)c1)C(=O)N1CCC(c2cnn(C)c2)CC1. The predicted molar refractivity (Wildman–Crippen MR) is 96.1 cm³/mol. The molecule has 0 aliphatic carbocycles. The number of benzene rings is 1. The zero-order chi connectivity index (χ0) is 17.1. The Morgan fingerprint density at radius 3 is 2.75 bits per heavy atom. The monoisotopic (exact) mass is 345 g/mol. The number of carbonyl (C=O) groups excluding carboxylic acids is 1. The molecule has 0 radical (unpaired) electrons. The van der Waals surface area contributed by atoms with E-state index in [0.29, 0.717) is 5.92 Å². The summed E-state index contributed by atoms with van der Waals surface area (Å²) in [6.07, 6.45) is 6.80. The molecule has 4 nitrogen and oxygen atoms in total. The Morgan fingerprint density at radius 1 is 1.38 bits per heavy atom. The van der Waals surface area contributed by atoms with Crippen LogP contribution in [0.25, 0.3) is 0 Å². The lowest BCUT2D eigenvalue weighted by Gasteiger charge is -2.33. The van der Waals surface area contributed by atoms with Crippen molar-refractivity contribution >= 4 is 17.5 Å². The lowest BCUT2D eigenvalue weighted by Crippen LogP contribution is -2.41. The van der Waals surface area contributed by atoms with Gasteiger partial charge >= 0.3 is 0 Å². The molecule has 1 fully saturated rings. The van der Waals surface area contributed by atoms with Crippen molar-refractivity contribution in [3.05, 3.63) is 52.8 Å². The van der Waals surface area contributed by atoms with Crippen molar-refractivity contribution in [1.29, 1.82) is 0 Å². The molecule has 1 unspecified atom stereocenters. The van der Waals surface area contributed by atoms with Crippen molar-refractivity contribution < 1.29 is 4.79 Å². The van der Waals surface area contributed by atoms with E-state index in [9.17, 15) is 4.79 Å². The largest absolute Gasteiger partial charge is 0.342 e. The number of rotatable bonds is 4. The van der Waals surface area contributed by atoms with E-state index < -0.39 is 0 Å². The van der Waals surface area contributed by atoms with Crippen LogP contribution in [0.4, 0.5) is 0 Å². The van der Waals surface area contributed by atoms with Crippen LogP contribution in [0.3, 0.4) is 0 Å². The minimum atomic E-state index is -0.0154. The Labute approximate surface area is 148 Å².